The quantitative estimate of drug-likeness (QED) is 0.589. The third-order valence-corrected chi connectivity index (χ3v) is 2.51. The number of anilines is 1. The van der Waals surface area contributed by atoms with Gasteiger partial charge in [0, 0.05) is 11.8 Å². The lowest BCUT2D eigenvalue weighted by Gasteiger charge is -2.12. The van der Waals surface area contributed by atoms with Crippen molar-refractivity contribution in [1.82, 2.24) is 5.32 Å². The molecule has 0 radical (unpaired) electrons. The highest BCUT2D eigenvalue weighted by atomic mass is 16.5. The molecule has 1 rings (SSSR count). The molecule has 0 aromatic heterocycles. The topological polar surface area (TPSA) is 79.8 Å². The smallest absolute Gasteiger partial charge is 0.238 e. The molecular weight excluding hydrogens is 260 g/mol. The summed E-state index contributed by atoms with van der Waals surface area (Å²) in [5, 5.41) is 14.6. The molecule has 6 heteroatoms. The van der Waals surface area contributed by atoms with Gasteiger partial charge >= 0.3 is 0 Å². The first-order chi connectivity index (χ1) is 9.71. The van der Waals surface area contributed by atoms with Crippen molar-refractivity contribution in [3.63, 3.8) is 0 Å². The first-order valence-corrected chi connectivity index (χ1v) is 6.63. The van der Waals surface area contributed by atoms with E-state index in [2.05, 4.69) is 10.6 Å². The zero-order chi connectivity index (χ0) is 14.8. The van der Waals surface area contributed by atoms with Gasteiger partial charge in [-0.1, -0.05) is 6.92 Å². The highest BCUT2D eigenvalue weighted by Gasteiger charge is 2.08. The standard InChI is InChI=1S/C14H22N2O4/c1-3-6-15-10-14(18)16-11-4-5-12(19-2)13(9-11)20-8-7-17/h4-5,9,15,17H,3,6-8,10H2,1-2H3,(H,16,18). The lowest BCUT2D eigenvalue weighted by molar-refractivity contribution is -0.115. The first-order valence-electron chi connectivity index (χ1n) is 6.63. The number of carbonyl (C=O) groups is 1. The lowest BCUT2D eigenvalue weighted by Crippen LogP contribution is -2.28. The molecule has 0 heterocycles. The summed E-state index contributed by atoms with van der Waals surface area (Å²) < 4.78 is 10.5. The van der Waals surface area contributed by atoms with Gasteiger partial charge in [-0.15, -0.1) is 0 Å². The zero-order valence-corrected chi connectivity index (χ0v) is 11.9. The van der Waals surface area contributed by atoms with E-state index in [1.54, 1.807) is 18.2 Å². The van der Waals surface area contributed by atoms with E-state index in [-0.39, 0.29) is 25.7 Å². The van der Waals surface area contributed by atoms with Gasteiger partial charge in [-0.3, -0.25) is 4.79 Å². The summed E-state index contributed by atoms with van der Waals surface area (Å²) in [5.41, 5.74) is 0.627. The van der Waals surface area contributed by atoms with Gasteiger partial charge in [0.05, 0.1) is 20.3 Å². The highest BCUT2D eigenvalue weighted by molar-refractivity contribution is 5.92. The van der Waals surface area contributed by atoms with Crippen molar-refractivity contribution in [2.75, 3.05) is 38.7 Å². The van der Waals surface area contributed by atoms with Gasteiger partial charge in [0.2, 0.25) is 5.91 Å². The van der Waals surface area contributed by atoms with Crippen LogP contribution in [0.15, 0.2) is 18.2 Å². The van der Waals surface area contributed by atoms with Crippen LogP contribution in [0.3, 0.4) is 0 Å². The summed E-state index contributed by atoms with van der Waals surface area (Å²) in [4.78, 5) is 11.7. The summed E-state index contributed by atoms with van der Waals surface area (Å²) >= 11 is 0. The SMILES string of the molecule is CCCNCC(=O)Nc1ccc(OC)c(OCCO)c1. The average molecular weight is 282 g/mol. The van der Waals surface area contributed by atoms with E-state index in [1.165, 1.54) is 7.11 Å². The molecule has 0 saturated heterocycles. The summed E-state index contributed by atoms with van der Waals surface area (Å²) in [6.07, 6.45) is 0.981. The molecule has 0 spiro atoms. The van der Waals surface area contributed by atoms with Gasteiger partial charge in [-0.25, -0.2) is 0 Å². The maximum Gasteiger partial charge on any atom is 0.238 e. The number of hydrogen-bond acceptors (Lipinski definition) is 5. The molecule has 3 N–H and O–H groups in total. The lowest BCUT2D eigenvalue weighted by atomic mass is 10.2. The summed E-state index contributed by atoms with van der Waals surface area (Å²) in [7, 11) is 1.54. The number of hydrogen-bond donors (Lipinski definition) is 3. The van der Waals surface area contributed by atoms with Crippen LogP contribution in [0.25, 0.3) is 0 Å². The summed E-state index contributed by atoms with van der Waals surface area (Å²) in [6.45, 7) is 3.21. The molecule has 1 aromatic carbocycles. The molecule has 1 amide bonds. The van der Waals surface area contributed by atoms with Crippen molar-refractivity contribution >= 4 is 11.6 Å². The summed E-state index contributed by atoms with van der Waals surface area (Å²) in [6, 6.07) is 5.12. The minimum absolute atomic E-state index is 0.0827. The first kappa shape index (κ1) is 16.3. The minimum Gasteiger partial charge on any atom is -0.493 e. The third kappa shape index (κ3) is 5.46. The van der Waals surface area contributed by atoms with E-state index in [4.69, 9.17) is 14.6 Å². The fraction of sp³-hybridized carbons (Fsp3) is 0.500. The molecule has 1 aromatic rings. The molecule has 6 nitrogen and oxygen atoms in total. The molecule has 0 aliphatic rings. The van der Waals surface area contributed by atoms with E-state index in [9.17, 15) is 4.79 Å². The van der Waals surface area contributed by atoms with Crippen LogP contribution in [0.1, 0.15) is 13.3 Å². The van der Waals surface area contributed by atoms with Crippen molar-refractivity contribution in [2.24, 2.45) is 0 Å². The van der Waals surface area contributed by atoms with E-state index < -0.39 is 0 Å². The monoisotopic (exact) mass is 282 g/mol. The number of amides is 1. The Bertz CT molecular complexity index is 424. The molecule has 20 heavy (non-hydrogen) atoms. The van der Waals surface area contributed by atoms with Gasteiger partial charge in [-0.05, 0) is 25.1 Å². The molecule has 0 saturated carbocycles. The molecule has 0 bridgehead atoms. The number of rotatable bonds is 9. The van der Waals surface area contributed by atoms with E-state index in [0.29, 0.717) is 17.2 Å². The molecule has 0 unspecified atom stereocenters. The Kier molecular flexibility index (Phi) is 7.46. The Morgan fingerprint density at radius 3 is 2.80 bits per heavy atom. The van der Waals surface area contributed by atoms with Crippen LogP contribution in [0, 0.1) is 0 Å². The van der Waals surface area contributed by atoms with Crippen molar-refractivity contribution in [3.8, 4) is 11.5 Å². The predicted molar refractivity (Wildman–Crippen MR) is 77.4 cm³/mol. The van der Waals surface area contributed by atoms with Gasteiger partial charge < -0.3 is 25.2 Å². The number of benzene rings is 1. The summed E-state index contributed by atoms with van der Waals surface area (Å²) in [5.74, 6) is 0.929. The maximum atomic E-state index is 11.7. The fourth-order valence-electron chi connectivity index (χ4n) is 1.61. The van der Waals surface area contributed by atoms with Crippen molar-refractivity contribution < 1.29 is 19.4 Å². The number of carbonyl (C=O) groups excluding carboxylic acids is 1. The van der Waals surface area contributed by atoms with E-state index >= 15 is 0 Å². The van der Waals surface area contributed by atoms with Gasteiger partial charge in [-0.2, -0.15) is 0 Å². The van der Waals surface area contributed by atoms with Gasteiger partial charge in [0.15, 0.2) is 11.5 Å². The Balaban J connectivity index is 2.63. The third-order valence-electron chi connectivity index (χ3n) is 2.51. The van der Waals surface area contributed by atoms with Crippen LogP contribution in [0.4, 0.5) is 5.69 Å². The predicted octanol–water partition coefficient (Wildman–Crippen LogP) is 1.00. The van der Waals surface area contributed by atoms with Crippen molar-refractivity contribution in [2.45, 2.75) is 13.3 Å². The maximum absolute atomic E-state index is 11.7. The van der Waals surface area contributed by atoms with Crippen LogP contribution in [-0.4, -0.2) is 44.4 Å². The Morgan fingerprint density at radius 2 is 2.15 bits per heavy atom. The van der Waals surface area contributed by atoms with Crippen LogP contribution < -0.4 is 20.1 Å². The van der Waals surface area contributed by atoms with Crippen molar-refractivity contribution in [1.29, 1.82) is 0 Å². The second kappa shape index (κ2) is 9.17. The molecule has 0 aliphatic heterocycles. The number of ether oxygens (including phenoxy) is 2. The van der Waals surface area contributed by atoms with E-state index in [1.807, 2.05) is 6.92 Å². The normalized spacial score (nSPS) is 10.2. The molecule has 0 fully saturated rings. The average Bonchev–Trinajstić information content (AvgIpc) is 2.45. The minimum atomic E-state index is -0.114. The highest BCUT2D eigenvalue weighted by Crippen LogP contribution is 2.30. The number of aliphatic hydroxyl groups is 1. The molecular formula is C14H22N2O4. The largest absolute Gasteiger partial charge is 0.493 e. The molecule has 0 atom stereocenters. The van der Waals surface area contributed by atoms with Crippen LogP contribution >= 0.6 is 0 Å². The Labute approximate surface area is 119 Å². The van der Waals surface area contributed by atoms with Crippen LogP contribution in [0.2, 0.25) is 0 Å². The van der Waals surface area contributed by atoms with E-state index in [0.717, 1.165) is 13.0 Å². The van der Waals surface area contributed by atoms with Crippen molar-refractivity contribution in [3.05, 3.63) is 18.2 Å². The Hall–Kier alpha value is -1.79. The number of nitrogens with one attached hydrogen (secondary N) is 2. The number of aliphatic hydroxyl groups excluding tert-OH is 1. The molecule has 112 valence electrons. The van der Waals surface area contributed by atoms with Crippen LogP contribution in [-0.2, 0) is 4.79 Å². The second-order valence-electron chi connectivity index (χ2n) is 4.16. The van der Waals surface area contributed by atoms with Gasteiger partial charge in [0.25, 0.3) is 0 Å². The fourth-order valence-corrected chi connectivity index (χ4v) is 1.61. The van der Waals surface area contributed by atoms with Crippen LogP contribution in [0.5, 0.6) is 11.5 Å². The molecule has 0 aliphatic carbocycles. The zero-order valence-electron chi connectivity index (χ0n) is 11.9. The Morgan fingerprint density at radius 1 is 1.35 bits per heavy atom. The van der Waals surface area contributed by atoms with Gasteiger partial charge in [0.1, 0.15) is 6.61 Å². The second-order valence-corrected chi connectivity index (χ2v) is 4.16. The number of methoxy groups -OCH3 is 1.